The number of nitrogens with one attached hydrogen (secondary N) is 1. The number of hydrogen-bond donors (Lipinski definition) is 1. The first-order chi connectivity index (χ1) is 10.5. The van der Waals surface area contributed by atoms with Crippen molar-refractivity contribution in [1.82, 2.24) is 0 Å². The molecule has 3 rings (SSSR count). The van der Waals surface area contributed by atoms with Crippen LogP contribution >= 0.6 is 22.6 Å². The molecule has 22 heavy (non-hydrogen) atoms. The van der Waals surface area contributed by atoms with Crippen LogP contribution in [-0.2, 0) is 9.59 Å². The van der Waals surface area contributed by atoms with Crippen LogP contribution in [0.1, 0.15) is 12.0 Å². The Morgan fingerprint density at radius 1 is 1.05 bits per heavy atom. The molecule has 0 radical (unpaired) electrons. The van der Waals surface area contributed by atoms with Gasteiger partial charge in [0.15, 0.2) is 0 Å². The third kappa shape index (κ3) is 2.99. The molecule has 5 heteroatoms. The number of carbonyl (C=O) groups excluding carboxylic acids is 2. The summed E-state index contributed by atoms with van der Waals surface area (Å²) < 4.78 is 1.06. The molecule has 1 aliphatic rings. The fourth-order valence-electron chi connectivity index (χ4n) is 2.46. The number of aryl methyl sites for hydroxylation is 1. The van der Waals surface area contributed by atoms with Gasteiger partial charge in [-0.25, -0.2) is 4.90 Å². The van der Waals surface area contributed by atoms with E-state index in [0.717, 1.165) is 14.8 Å². The molecule has 2 amide bonds. The van der Waals surface area contributed by atoms with E-state index < -0.39 is 6.04 Å². The van der Waals surface area contributed by atoms with Gasteiger partial charge >= 0.3 is 0 Å². The molecule has 0 saturated carbocycles. The molecule has 1 N–H and O–H groups in total. The minimum Gasteiger partial charge on any atom is -0.373 e. The number of nitrogens with zero attached hydrogens (tertiary/aromatic N) is 1. The van der Waals surface area contributed by atoms with Crippen LogP contribution in [0.25, 0.3) is 0 Å². The first kappa shape index (κ1) is 15.0. The minimum absolute atomic E-state index is 0.171. The quantitative estimate of drug-likeness (QED) is 0.629. The summed E-state index contributed by atoms with van der Waals surface area (Å²) in [6.07, 6.45) is 0.179. The topological polar surface area (TPSA) is 49.4 Å². The Kier molecular flexibility index (Phi) is 4.15. The summed E-state index contributed by atoms with van der Waals surface area (Å²) in [6.45, 7) is 2.01. The van der Waals surface area contributed by atoms with Gasteiger partial charge in [-0.15, -0.1) is 0 Å². The van der Waals surface area contributed by atoms with Gasteiger partial charge in [-0.1, -0.05) is 17.7 Å². The third-order valence-electron chi connectivity index (χ3n) is 3.62. The summed E-state index contributed by atoms with van der Waals surface area (Å²) >= 11 is 2.19. The summed E-state index contributed by atoms with van der Waals surface area (Å²) in [5.74, 6) is -0.373. The number of amides is 2. The first-order valence-electron chi connectivity index (χ1n) is 7.00. The largest absolute Gasteiger partial charge is 0.373 e. The molecule has 0 aliphatic carbocycles. The van der Waals surface area contributed by atoms with Crippen LogP contribution < -0.4 is 10.2 Å². The van der Waals surface area contributed by atoms with E-state index in [4.69, 9.17) is 0 Å². The molecule has 0 spiro atoms. The Bertz CT molecular complexity index is 710. The smallest absolute Gasteiger partial charge is 0.256 e. The van der Waals surface area contributed by atoms with Crippen molar-refractivity contribution in [3.63, 3.8) is 0 Å². The second-order valence-electron chi connectivity index (χ2n) is 5.31. The van der Waals surface area contributed by atoms with Crippen molar-refractivity contribution < 1.29 is 9.59 Å². The van der Waals surface area contributed by atoms with Crippen molar-refractivity contribution in [2.24, 2.45) is 0 Å². The van der Waals surface area contributed by atoms with E-state index in [1.54, 1.807) is 12.1 Å². The van der Waals surface area contributed by atoms with E-state index in [-0.39, 0.29) is 18.2 Å². The molecular formula is C17H15IN2O2. The zero-order valence-corrected chi connectivity index (χ0v) is 14.2. The van der Waals surface area contributed by atoms with Crippen LogP contribution in [0.2, 0.25) is 0 Å². The lowest BCUT2D eigenvalue weighted by atomic mass is 10.2. The summed E-state index contributed by atoms with van der Waals surface area (Å²) in [4.78, 5) is 26.0. The van der Waals surface area contributed by atoms with Crippen LogP contribution in [0.3, 0.4) is 0 Å². The van der Waals surface area contributed by atoms with Crippen LogP contribution in [-0.4, -0.2) is 17.9 Å². The van der Waals surface area contributed by atoms with E-state index in [1.807, 2.05) is 43.3 Å². The molecule has 1 atom stereocenters. The summed E-state index contributed by atoms with van der Waals surface area (Å²) in [6, 6.07) is 14.6. The molecule has 2 aromatic rings. The number of benzene rings is 2. The molecule has 0 aromatic heterocycles. The summed E-state index contributed by atoms with van der Waals surface area (Å²) in [5.41, 5.74) is 2.63. The first-order valence-corrected chi connectivity index (χ1v) is 8.08. The molecule has 2 aromatic carbocycles. The van der Waals surface area contributed by atoms with Crippen molar-refractivity contribution in [3.05, 3.63) is 57.7 Å². The average molecular weight is 406 g/mol. The Morgan fingerprint density at radius 3 is 2.32 bits per heavy atom. The molecule has 1 saturated heterocycles. The van der Waals surface area contributed by atoms with Gasteiger partial charge in [0.1, 0.15) is 6.04 Å². The molecule has 1 heterocycles. The highest BCUT2D eigenvalue weighted by Gasteiger charge is 2.39. The van der Waals surface area contributed by atoms with E-state index in [2.05, 4.69) is 27.9 Å². The van der Waals surface area contributed by atoms with Gasteiger partial charge < -0.3 is 5.32 Å². The van der Waals surface area contributed by atoms with E-state index >= 15 is 0 Å². The van der Waals surface area contributed by atoms with Gasteiger partial charge in [0.25, 0.3) is 5.91 Å². The second-order valence-corrected chi connectivity index (χ2v) is 6.56. The summed E-state index contributed by atoms with van der Waals surface area (Å²) in [7, 11) is 0. The molecule has 0 unspecified atom stereocenters. The Balaban J connectivity index is 1.79. The molecule has 112 valence electrons. The van der Waals surface area contributed by atoms with Crippen LogP contribution in [0.15, 0.2) is 48.5 Å². The average Bonchev–Trinajstić information content (AvgIpc) is 2.77. The van der Waals surface area contributed by atoms with E-state index in [1.165, 1.54) is 4.90 Å². The normalized spacial score (nSPS) is 17.9. The van der Waals surface area contributed by atoms with Crippen molar-refractivity contribution in [3.8, 4) is 0 Å². The van der Waals surface area contributed by atoms with Gasteiger partial charge in [-0.05, 0) is 65.9 Å². The maximum absolute atomic E-state index is 12.5. The summed E-state index contributed by atoms with van der Waals surface area (Å²) in [5, 5.41) is 3.15. The Labute approximate surface area is 142 Å². The molecular weight excluding hydrogens is 391 g/mol. The van der Waals surface area contributed by atoms with Crippen LogP contribution in [0.5, 0.6) is 0 Å². The number of rotatable bonds is 3. The minimum atomic E-state index is -0.505. The SMILES string of the molecule is Cc1ccc(N[C@@H]2CC(=O)N(c3ccc(I)cc3)C2=O)cc1. The third-order valence-corrected chi connectivity index (χ3v) is 4.34. The van der Waals surface area contributed by atoms with Crippen molar-refractivity contribution in [2.45, 2.75) is 19.4 Å². The van der Waals surface area contributed by atoms with Crippen molar-refractivity contribution in [2.75, 3.05) is 10.2 Å². The molecule has 1 aliphatic heterocycles. The number of imide groups is 1. The zero-order chi connectivity index (χ0) is 15.7. The standard InChI is InChI=1S/C17H15IN2O2/c1-11-2-6-13(7-3-11)19-15-10-16(21)20(17(15)22)14-8-4-12(18)5-9-14/h2-9,15,19H,10H2,1H3/t15-/m1/s1. The lowest BCUT2D eigenvalue weighted by Gasteiger charge is -2.16. The van der Waals surface area contributed by atoms with Crippen LogP contribution in [0.4, 0.5) is 11.4 Å². The molecule has 0 bridgehead atoms. The fourth-order valence-corrected chi connectivity index (χ4v) is 2.82. The number of carbonyl (C=O) groups is 2. The van der Waals surface area contributed by atoms with Gasteiger partial charge in [0.2, 0.25) is 5.91 Å². The Hall–Kier alpha value is -1.89. The van der Waals surface area contributed by atoms with Gasteiger partial charge in [-0.2, -0.15) is 0 Å². The highest BCUT2D eigenvalue weighted by Crippen LogP contribution is 2.25. The van der Waals surface area contributed by atoms with Gasteiger partial charge in [0.05, 0.1) is 12.1 Å². The Morgan fingerprint density at radius 2 is 1.68 bits per heavy atom. The van der Waals surface area contributed by atoms with E-state index in [0.29, 0.717) is 5.69 Å². The number of hydrogen-bond acceptors (Lipinski definition) is 3. The highest BCUT2D eigenvalue weighted by atomic mass is 127. The van der Waals surface area contributed by atoms with E-state index in [9.17, 15) is 9.59 Å². The second kappa shape index (κ2) is 6.08. The van der Waals surface area contributed by atoms with Crippen LogP contribution in [0, 0.1) is 10.5 Å². The predicted octanol–water partition coefficient (Wildman–Crippen LogP) is 3.34. The number of halogens is 1. The molecule has 4 nitrogen and oxygen atoms in total. The lowest BCUT2D eigenvalue weighted by molar-refractivity contribution is -0.121. The highest BCUT2D eigenvalue weighted by molar-refractivity contribution is 14.1. The van der Waals surface area contributed by atoms with Crippen molar-refractivity contribution >= 4 is 45.8 Å². The lowest BCUT2D eigenvalue weighted by Crippen LogP contribution is -2.34. The van der Waals surface area contributed by atoms with Gasteiger partial charge in [0, 0.05) is 9.26 Å². The fraction of sp³-hybridized carbons (Fsp3) is 0.176. The number of anilines is 2. The maximum atomic E-state index is 12.5. The maximum Gasteiger partial charge on any atom is 0.256 e. The monoisotopic (exact) mass is 406 g/mol. The zero-order valence-electron chi connectivity index (χ0n) is 12.0. The van der Waals surface area contributed by atoms with Crippen molar-refractivity contribution in [1.29, 1.82) is 0 Å². The predicted molar refractivity (Wildman–Crippen MR) is 94.9 cm³/mol. The molecule has 1 fully saturated rings. The van der Waals surface area contributed by atoms with Gasteiger partial charge in [-0.3, -0.25) is 9.59 Å².